The fourth-order valence-corrected chi connectivity index (χ4v) is 2.32. The van der Waals surface area contributed by atoms with Gasteiger partial charge in [-0.1, -0.05) is 6.07 Å². The van der Waals surface area contributed by atoms with Gasteiger partial charge < -0.3 is 10.2 Å². The Morgan fingerprint density at radius 3 is 2.90 bits per heavy atom. The number of fused-ring (bicyclic) bond motifs is 1. The lowest BCUT2D eigenvalue weighted by molar-refractivity contribution is 0.915. The van der Waals surface area contributed by atoms with Crippen LogP contribution in [0.3, 0.4) is 0 Å². The first-order chi connectivity index (χ1) is 10.1. The van der Waals surface area contributed by atoms with Gasteiger partial charge in [-0.15, -0.1) is 0 Å². The zero-order valence-corrected chi connectivity index (χ0v) is 13.4. The Labute approximate surface area is 131 Å². The first-order valence-electron chi connectivity index (χ1n) is 6.49. The Morgan fingerprint density at radius 2 is 2.19 bits per heavy atom. The molecule has 0 radical (unpaired) electrons. The molecule has 0 fully saturated rings. The Balaban J connectivity index is 1.96. The van der Waals surface area contributed by atoms with Crippen LogP contribution in [0.1, 0.15) is 5.56 Å². The molecule has 3 aromatic rings. The van der Waals surface area contributed by atoms with Crippen LogP contribution in [0.5, 0.6) is 0 Å². The second-order valence-electron chi connectivity index (χ2n) is 4.84. The van der Waals surface area contributed by atoms with Crippen LogP contribution in [-0.2, 0) is 6.54 Å². The number of anilines is 2. The van der Waals surface area contributed by atoms with Gasteiger partial charge in [0.05, 0.1) is 10.7 Å². The molecule has 0 saturated carbocycles. The summed E-state index contributed by atoms with van der Waals surface area (Å²) < 4.78 is 2.66. The van der Waals surface area contributed by atoms with E-state index in [1.807, 2.05) is 43.4 Å². The molecule has 0 amide bonds. The summed E-state index contributed by atoms with van der Waals surface area (Å²) in [5.41, 5.74) is 1.90. The predicted molar refractivity (Wildman–Crippen MR) is 86.6 cm³/mol. The van der Waals surface area contributed by atoms with E-state index in [9.17, 15) is 0 Å². The van der Waals surface area contributed by atoms with E-state index in [0.717, 1.165) is 27.3 Å². The van der Waals surface area contributed by atoms with Crippen molar-refractivity contribution in [2.24, 2.45) is 0 Å². The van der Waals surface area contributed by atoms with Crippen LogP contribution in [0, 0.1) is 0 Å². The van der Waals surface area contributed by atoms with Gasteiger partial charge in [0.2, 0.25) is 0 Å². The number of hydrogen-bond donors (Lipinski definition) is 1. The predicted octanol–water partition coefficient (Wildman–Crippen LogP) is 2.56. The van der Waals surface area contributed by atoms with E-state index in [2.05, 4.69) is 36.3 Å². The van der Waals surface area contributed by atoms with Crippen LogP contribution >= 0.6 is 15.9 Å². The third kappa shape index (κ3) is 2.82. The second kappa shape index (κ2) is 5.69. The minimum atomic E-state index is 0.678. The molecule has 7 heteroatoms. The van der Waals surface area contributed by atoms with E-state index in [1.165, 1.54) is 0 Å². The molecule has 0 saturated heterocycles. The SMILES string of the molecule is CN(C)c1cc(NCc2cccnc2)n2ncc(Br)c2n1. The van der Waals surface area contributed by atoms with Gasteiger partial charge in [0, 0.05) is 39.1 Å². The lowest BCUT2D eigenvalue weighted by Crippen LogP contribution is -2.14. The highest BCUT2D eigenvalue weighted by molar-refractivity contribution is 9.10. The monoisotopic (exact) mass is 346 g/mol. The maximum Gasteiger partial charge on any atom is 0.173 e. The van der Waals surface area contributed by atoms with Gasteiger partial charge in [-0.3, -0.25) is 4.98 Å². The van der Waals surface area contributed by atoms with E-state index in [1.54, 1.807) is 16.9 Å². The van der Waals surface area contributed by atoms with Crippen LogP contribution < -0.4 is 10.2 Å². The summed E-state index contributed by atoms with van der Waals surface area (Å²) in [7, 11) is 3.93. The zero-order chi connectivity index (χ0) is 14.8. The third-order valence-electron chi connectivity index (χ3n) is 3.07. The van der Waals surface area contributed by atoms with Crippen molar-refractivity contribution in [1.29, 1.82) is 0 Å². The van der Waals surface area contributed by atoms with Crippen LogP contribution in [0.4, 0.5) is 11.6 Å². The summed E-state index contributed by atoms with van der Waals surface area (Å²) in [6.07, 6.45) is 5.36. The summed E-state index contributed by atoms with van der Waals surface area (Å²) in [6, 6.07) is 5.93. The van der Waals surface area contributed by atoms with Gasteiger partial charge in [-0.05, 0) is 27.6 Å². The van der Waals surface area contributed by atoms with E-state index >= 15 is 0 Å². The quantitative estimate of drug-likeness (QED) is 0.786. The van der Waals surface area contributed by atoms with Gasteiger partial charge in [0.15, 0.2) is 5.65 Å². The normalized spacial score (nSPS) is 10.8. The molecule has 108 valence electrons. The molecule has 6 nitrogen and oxygen atoms in total. The van der Waals surface area contributed by atoms with E-state index in [-0.39, 0.29) is 0 Å². The first kappa shape index (κ1) is 13.8. The standard InChI is InChI=1S/C14H15BrN6/c1-20(2)13-6-12(17-8-10-4-3-5-16-7-10)21-14(19-13)11(15)9-18-21/h3-7,9,17H,8H2,1-2H3. The molecule has 0 spiro atoms. The van der Waals surface area contributed by atoms with Crippen molar-refractivity contribution in [3.8, 4) is 0 Å². The molecular formula is C14H15BrN6. The Kier molecular flexibility index (Phi) is 3.74. The van der Waals surface area contributed by atoms with Crippen LogP contribution in [0.2, 0.25) is 0 Å². The lowest BCUT2D eigenvalue weighted by Gasteiger charge is -2.15. The van der Waals surface area contributed by atoms with Crippen molar-refractivity contribution in [3.05, 3.63) is 46.8 Å². The molecule has 3 heterocycles. The number of nitrogens with zero attached hydrogens (tertiary/aromatic N) is 5. The molecule has 0 aromatic carbocycles. The highest BCUT2D eigenvalue weighted by Crippen LogP contribution is 2.23. The highest BCUT2D eigenvalue weighted by atomic mass is 79.9. The molecule has 3 aromatic heterocycles. The average Bonchev–Trinajstić information content (AvgIpc) is 2.87. The number of halogens is 1. The third-order valence-corrected chi connectivity index (χ3v) is 3.63. The summed E-state index contributed by atoms with van der Waals surface area (Å²) in [5, 5.41) is 7.73. The summed E-state index contributed by atoms with van der Waals surface area (Å²) in [4.78, 5) is 10.7. The van der Waals surface area contributed by atoms with Gasteiger partial charge >= 0.3 is 0 Å². The summed E-state index contributed by atoms with van der Waals surface area (Å²) >= 11 is 3.48. The molecule has 0 unspecified atom stereocenters. The molecular weight excluding hydrogens is 332 g/mol. The van der Waals surface area contributed by atoms with Gasteiger partial charge in [0.1, 0.15) is 11.6 Å². The molecule has 0 aliphatic heterocycles. The lowest BCUT2D eigenvalue weighted by atomic mass is 10.3. The number of aromatic nitrogens is 4. The van der Waals surface area contributed by atoms with Crippen molar-refractivity contribution < 1.29 is 0 Å². The largest absolute Gasteiger partial charge is 0.366 e. The van der Waals surface area contributed by atoms with Gasteiger partial charge in [-0.2, -0.15) is 9.61 Å². The molecule has 0 aliphatic rings. The summed E-state index contributed by atoms with van der Waals surface area (Å²) in [5.74, 6) is 1.76. The Morgan fingerprint density at radius 1 is 1.33 bits per heavy atom. The fraction of sp³-hybridized carbons (Fsp3) is 0.214. The van der Waals surface area contributed by atoms with E-state index < -0.39 is 0 Å². The van der Waals surface area contributed by atoms with Crippen molar-refractivity contribution in [2.45, 2.75) is 6.54 Å². The Hall–Kier alpha value is -2.15. The van der Waals surface area contributed by atoms with Crippen molar-refractivity contribution in [3.63, 3.8) is 0 Å². The second-order valence-corrected chi connectivity index (χ2v) is 5.69. The van der Waals surface area contributed by atoms with E-state index in [4.69, 9.17) is 0 Å². The Bertz CT molecular complexity index is 753. The molecule has 3 rings (SSSR count). The van der Waals surface area contributed by atoms with Crippen LogP contribution in [-0.4, -0.2) is 33.7 Å². The number of pyridine rings is 1. The topological polar surface area (TPSA) is 58.4 Å². The first-order valence-corrected chi connectivity index (χ1v) is 7.29. The smallest absolute Gasteiger partial charge is 0.173 e. The molecule has 0 aliphatic carbocycles. The van der Waals surface area contributed by atoms with Crippen LogP contribution in [0.25, 0.3) is 5.65 Å². The minimum absolute atomic E-state index is 0.678. The van der Waals surface area contributed by atoms with Gasteiger partial charge in [0.25, 0.3) is 0 Å². The zero-order valence-electron chi connectivity index (χ0n) is 11.8. The van der Waals surface area contributed by atoms with Crippen molar-refractivity contribution in [1.82, 2.24) is 19.6 Å². The number of nitrogens with one attached hydrogen (secondary N) is 1. The fourth-order valence-electron chi connectivity index (χ4n) is 1.97. The molecule has 0 bridgehead atoms. The van der Waals surface area contributed by atoms with Crippen LogP contribution in [0.15, 0.2) is 41.3 Å². The van der Waals surface area contributed by atoms with E-state index in [0.29, 0.717) is 6.54 Å². The van der Waals surface area contributed by atoms with Gasteiger partial charge in [-0.25, -0.2) is 4.98 Å². The molecule has 21 heavy (non-hydrogen) atoms. The molecule has 1 N–H and O–H groups in total. The maximum atomic E-state index is 4.58. The van der Waals surface area contributed by atoms with Crippen molar-refractivity contribution >= 4 is 33.2 Å². The highest BCUT2D eigenvalue weighted by Gasteiger charge is 2.11. The minimum Gasteiger partial charge on any atom is -0.366 e. The average molecular weight is 347 g/mol. The number of hydrogen-bond acceptors (Lipinski definition) is 5. The van der Waals surface area contributed by atoms with Crippen molar-refractivity contribution in [2.75, 3.05) is 24.3 Å². The summed E-state index contributed by atoms with van der Waals surface area (Å²) in [6.45, 7) is 0.678. The maximum absolute atomic E-state index is 4.58. The molecule has 0 atom stereocenters. The number of rotatable bonds is 4.